The van der Waals surface area contributed by atoms with Crippen LogP contribution in [0.4, 0.5) is 4.39 Å². The molecule has 1 heterocycles. The van der Waals surface area contributed by atoms with Crippen LogP contribution in [0.25, 0.3) is 11.0 Å². The molecule has 0 unspecified atom stereocenters. The minimum absolute atomic E-state index is 0.0253. The highest BCUT2D eigenvalue weighted by molar-refractivity contribution is 5.78. The lowest BCUT2D eigenvalue weighted by atomic mass is 10.1. The average molecular weight is 219 g/mol. The molecule has 16 heavy (non-hydrogen) atoms. The average Bonchev–Trinajstić information content (AvgIpc) is 2.84. The Kier molecular flexibility index (Phi) is 2.04. The van der Waals surface area contributed by atoms with Gasteiger partial charge in [0.15, 0.2) is 11.4 Å². The Bertz CT molecular complexity index is 528. The Hall–Kier alpha value is -1.35. The van der Waals surface area contributed by atoms with Crippen molar-refractivity contribution in [1.29, 1.82) is 0 Å². The lowest BCUT2D eigenvalue weighted by Gasteiger charge is -2.04. The van der Waals surface area contributed by atoms with Crippen molar-refractivity contribution < 1.29 is 8.81 Å². The van der Waals surface area contributed by atoms with Crippen LogP contribution in [-0.4, -0.2) is 5.54 Å². The van der Waals surface area contributed by atoms with Crippen LogP contribution in [-0.2, 0) is 6.42 Å². The Morgan fingerprint density at radius 1 is 1.38 bits per heavy atom. The minimum Gasteiger partial charge on any atom is -0.458 e. The van der Waals surface area contributed by atoms with Crippen LogP contribution in [0.2, 0.25) is 0 Å². The molecule has 0 amide bonds. The van der Waals surface area contributed by atoms with E-state index in [1.54, 1.807) is 6.07 Å². The molecule has 0 atom stereocenters. The van der Waals surface area contributed by atoms with E-state index < -0.39 is 0 Å². The van der Waals surface area contributed by atoms with Gasteiger partial charge < -0.3 is 10.2 Å². The smallest absolute Gasteiger partial charge is 0.169 e. The van der Waals surface area contributed by atoms with Crippen LogP contribution in [0.1, 0.15) is 25.0 Å². The van der Waals surface area contributed by atoms with Crippen molar-refractivity contribution in [3.8, 4) is 0 Å². The van der Waals surface area contributed by atoms with Gasteiger partial charge in [-0.2, -0.15) is 0 Å². The molecular formula is C13H14FNO. The van der Waals surface area contributed by atoms with Gasteiger partial charge in [-0.3, -0.25) is 0 Å². The van der Waals surface area contributed by atoms with Gasteiger partial charge >= 0.3 is 0 Å². The largest absolute Gasteiger partial charge is 0.458 e. The third kappa shape index (κ3) is 1.71. The molecular weight excluding hydrogens is 205 g/mol. The van der Waals surface area contributed by atoms with Gasteiger partial charge in [-0.1, -0.05) is 12.1 Å². The maximum Gasteiger partial charge on any atom is 0.169 e. The Morgan fingerprint density at radius 2 is 2.19 bits per heavy atom. The van der Waals surface area contributed by atoms with Gasteiger partial charge in [-0.05, 0) is 31.4 Å². The molecule has 1 aliphatic carbocycles. The first-order valence-electron chi connectivity index (χ1n) is 5.62. The summed E-state index contributed by atoms with van der Waals surface area (Å²) in [5.41, 5.74) is 6.39. The van der Waals surface area contributed by atoms with Crippen molar-refractivity contribution in [2.24, 2.45) is 5.73 Å². The molecule has 1 aliphatic rings. The van der Waals surface area contributed by atoms with E-state index in [1.807, 2.05) is 12.1 Å². The summed E-state index contributed by atoms with van der Waals surface area (Å²) in [7, 11) is 0. The molecule has 3 heteroatoms. The second kappa shape index (κ2) is 3.32. The fourth-order valence-electron chi connectivity index (χ4n) is 1.99. The molecule has 84 valence electrons. The molecule has 0 bridgehead atoms. The number of furan rings is 1. The van der Waals surface area contributed by atoms with E-state index in [9.17, 15) is 4.39 Å². The maximum absolute atomic E-state index is 13.4. The molecule has 1 saturated carbocycles. The van der Waals surface area contributed by atoms with Gasteiger partial charge in [0.25, 0.3) is 0 Å². The maximum atomic E-state index is 13.4. The summed E-state index contributed by atoms with van der Waals surface area (Å²) in [5.74, 6) is 0.537. The summed E-state index contributed by atoms with van der Waals surface area (Å²) >= 11 is 0. The molecule has 2 aromatic rings. The third-order valence-electron chi connectivity index (χ3n) is 3.31. The lowest BCUT2D eigenvalue weighted by Crippen LogP contribution is -2.21. The number of halogens is 1. The van der Waals surface area contributed by atoms with E-state index in [1.165, 1.54) is 6.07 Å². The molecule has 1 aromatic carbocycles. The molecule has 0 radical (unpaired) electrons. The van der Waals surface area contributed by atoms with Crippen molar-refractivity contribution in [3.05, 3.63) is 35.8 Å². The molecule has 0 saturated heterocycles. The second-order valence-electron chi connectivity index (χ2n) is 4.73. The Balaban J connectivity index is 1.85. The number of benzene rings is 1. The fraction of sp³-hybridized carbons (Fsp3) is 0.385. The summed E-state index contributed by atoms with van der Waals surface area (Å²) in [6.45, 7) is 0. The van der Waals surface area contributed by atoms with Crippen LogP contribution in [0.3, 0.4) is 0 Å². The van der Waals surface area contributed by atoms with Gasteiger partial charge in [0.2, 0.25) is 0 Å². The van der Waals surface area contributed by atoms with Gasteiger partial charge in [0.1, 0.15) is 5.76 Å². The van der Waals surface area contributed by atoms with Crippen LogP contribution >= 0.6 is 0 Å². The van der Waals surface area contributed by atoms with Gasteiger partial charge in [0, 0.05) is 17.3 Å². The number of hydrogen-bond acceptors (Lipinski definition) is 2. The van der Waals surface area contributed by atoms with E-state index in [2.05, 4.69) is 0 Å². The molecule has 2 N–H and O–H groups in total. The van der Waals surface area contributed by atoms with Crippen molar-refractivity contribution in [1.82, 2.24) is 0 Å². The van der Waals surface area contributed by atoms with Gasteiger partial charge in [-0.15, -0.1) is 0 Å². The molecule has 0 spiro atoms. The number of para-hydroxylation sites is 1. The number of aryl methyl sites for hydroxylation is 1. The number of hydrogen-bond donors (Lipinski definition) is 1. The third-order valence-corrected chi connectivity index (χ3v) is 3.31. The molecule has 0 aliphatic heterocycles. The van der Waals surface area contributed by atoms with Crippen LogP contribution in [0, 0.1) is 5.82 Å². The monoisotopic (exact) mass is 219 g/mol. The Morgan fingerprint density at radius 3 is 2.88 bits per heavy atom. The topological polar surface area (TPSA) is 39.2 Å². The van der Waals surface area contributed by atoms with Crippen LogP contribution < -0.4 is 5.73 Å². The summed E-state index contributed by atoms with van der Waals surface area (Å²) in [4.78, 5) is 0. The van der Waals surface area contributed by atoms with E-state index in [0.717, 1.165) is 36.8 Å². The molecule has 3 rings (SSSR count). The minimum atomic E-state index is -0.294. The number of rotatable bonds is 3. The van der Waals surface area contributed by atoms with Crippen LogP contribution in [0.5, 0.6) is 0 Å². The van der Waals surface area contributed by atoms with Gasteiger partial charge in [-0.25, -0.2) is 4.39 Å². The highest BCUT2D eigenvalue weighted by atomic mass is 19.1. The standard InChI is InChI=1S/C13H14FNO/c14-11-3-1-2-9-8-10(16-12(9)11)4-5-13(15)6-7-13/h1-3,8H,4-7,15H2. The van der Waals surface area contributed by atoms with Crippen molar-refractivity contribution in [3.63, 3.8) is 0 Å². The molecule has 2 nitrogen and oxygen atoms in total. The quantitative estimate of drug-likeness (QED) is 0.861. The predicted molar refractivity (Wildman–Crippen MR) is 60.6 cm³/mol. The summed E-state index contributed by atoms with van der Waals surface area (Å²) < 4.78 is 18.9. The Labute approximate surface area is 93.2 Å². The molecule has 1 aromatic heterocycles. The zero-order chi connectivity index (χ0) is 11.2. The van der Waals surface area contributed by atoms with Gasteiger partial charge in [0.05, 0.1) is 0 Å². The highest BCUT2D eigenvalue weighted by Gasteiger charge is 2.37. The van der Waals surface area contributed by atoms with E-state index >= 15 is 0 Å². The second-order valence-corrected chi connectivity index (χ2v) is 4.73. The van der Waals surface area contributed by atoms with Crippen molar-refractivity contribution in [2.75, 3.05) is 0 Å². The first-order valence-corrected chi connectivity index (χ1v) is 5.62. The number of nitrogens with two attached hydrogens (primary N) is 1. The van der Waals surface area contributed by atoms with E-state index in [-0.39, 0.29) is 11.4 Å². The van der Waals surface area contributed by atoms with E-state index in [4.69, 9.17) is 10.2 Å². The normalized spacial score (nSPS) is 17.9. The van der Waals surface area contributed by atoms with Crippen LogP contribution in [0.15, 0.2) is 28.7 Å². The van der Waals surface area contributed by atoms with E-state index in [0.29, 0.717) is 5.58 Å². The summed E-state index contributed by atoms with van der Waals surface area (Å²) in [6.07, 6.45) is 3.92. The zero-order valence-corrected chi connectivity index (χ0v) is 9.00. The van der Waals surface area contributed by atoms with Crippen molar-refractivity contribution >= 4 is 11.0 Å². The fourth-order valence-corrected chi connectivity index (χ4v) is 1.99. The lowest BCUT2D eigenvalue weighted by molar-refractivity contribution is 0.492. The SMILES string of the molecule is NC1(CCc2cc3cccc(F)c3o2)CC1. The first-order chi connectivity index (χ1) is 7.66. The number of fused-ring (bicyclic) bond motifs is 1. The molecule has 1 fully saturated rings. The first kappa shape index (κ1) is 9.85. The summed E-state index contributed by atoms with van der Waals surface area (Å²) in [6, 6.07) is 6.88. The predicted octanol–water partition coefficient (Wildman–Crippen LogP) is 3.00. The summed E-state index contributed by atoms with van der Waals surface area (Å²) in [5, 5.41) is 0.830. The van der Waals surface area contributed by atoms with Crippen molar-refractivity contribution in [2.45, 2.75) is 31.2 Å². The zero-order valence-electron chi connectivity index (χ0n) is 9.00. The highest BCUT2D eigenvalue weighted by Crippen LogP contribution is 2.37.